The number of benzene rings is 1. The Labute approximate surface area is 131 Å². The van der Waals surface area contributed by atoms with Gasteiger partial charge in [-0.05, 0) is 25.3 Å². The van der Waals surface area contributed by atoms with E-state index in [4.69, 9.17) is 9.47 Å². The van der Waals surface area contributed by atoms with E-state index >= 15 is 0 Å². The number of methoxy groups -OCH3 is 1. The average molecular weight is 307 g/mol. The maximum Gasteiger partial charge on any atom is 0.410 e. The Hall–Kier alpha value is -1.59. The second-order valence-electron chi connectivity index (χ2n) is 6.12. The average Bonchev–Trinajstić information content (AvgIpc) is 2.53. The molecular weight excluding hydrogens is 282 g/mol. The van der Waals surface area contributed by atoms with Crippen LogP contribution in [0.5, 0.6) is 0 Å². The van der Waals surface area contributed by atoms with Gasteiger partial charge in [0, 0.05) is 26.1 Å². The molecular formula is C17H25NO4. The molecule has 2 rings (SSSR count). The predicted molar refractivity (Wildman–Crippen MR) is 83.4 cm³/mol. The van der Waals surface area contributed by atoms with Crippen molar-refractivity contribution in [1.82, 2.24) is 4.90 Å². The number of aliphatic hydroxyl groups is 1. The molecule has 1 fully saturated rings. The van der Waals surface area contributed by atoms with Crippen molar-refractivity contribution in [2.24, 2.45) is 5.92 Å². The second kappa shape index (κ2) is 7.61. The van der Waals surface area contributed by atoms with Gasteiger partial charge in [-0.15, -0.1) is 0 Å². The van der Waals surface area contributed by atoms with Crippen LogP contribution in [0.3, 0.4) is 0 Å². The van der Waals surface area contributed by atoms with E-state index in [0.29, 0.717) is 13.1 Å². The first-order valence-corrected chi connectivity index (χ1v) is 7.70. The molecule has 1 N–H and O–H groups in total. The molecule has 0 radical (unpaired) electrons. The van der Waals surface area contributed by atoms with Gasteiger partial charge in [0.1, 0.15) is 6.61 Å². The Morgan fingerprint density at radius 3 is 2.82 bits per heavy atom. The van der Waals surface area contributed by atoms with Crippen molar-refractivity contribution in [1.29, 1.82) is 0 Å². The Kier molecular flexibility index (Phi) is 5.80. The van der Waals surface area contributed by atoms with Crippen LogP contribution in [-0.4, -0.2) is 48.5 Å². The first-order valence-electron chi connectivity index (χ1n) is 7.70. The maximum absolute atomic E-state index is 12.2. The lowest BCUT2D eigenvalue weighted by atomic mass is 9.83. The summed E-state index contributed by atoms with van der Waals surface area (Å²) in [5.74, 6) is 0.00507. The van der Waals surface area contributed by atoms with E-state index in [9.17, 15) is 9.90 Å². The van der Waals surface area contributed by atoms with Crippen LogP contribution >= 0.6 is 0 Å². The summed E-state index contributed by atoms with van der Waals surface area (Å²) < 4.78 is 10.4. The third-order valence-corrected chi connectivity index (χ3v) is 4.20. The summed E-state index contributed by atoms with van der Waals surface area (Å²) in [6.07, 6.45) is 1.44. The standard InChI is InChI=1S/C17H25NO4/c1-17(20,13-21-2)15-9-6-10-18(11-15)16(19)22-12-14-7-4-3-5-8-14/h3-5,7-8,15,20H,6,9-13H2,1-2H3/t15-,17-/m0/s1. The van der Waals surface area contributed by atoms with Crippen molar-refractivity contribution in [2.75, 3.05) is 26.8 Å². The van der Waals surface area contributed by atoms with Crippen molar-refractivity contribution in [2.45, 2.75) is 32.0 Å². The van der Waals surface area contributed by atoms with Crippen molar-refractivity contribution in [3.05, 3.63) is 35.9 Å². The third-order valence-electron chi connectivity index (χ3n) is 4.20. The molecule has 0 spiro atoms. The summed E-state index contributed by atoms with van der Waals surface area (Å²) in [7, 11) is 1.57. The molecule has 0 bridgehead atoms. The first kappa shape index (κ1) is 16.8. The van der Waals surface area contributed by atoms with Crippen LogP contribution in [0, 0.1) is 5.92 Å². The molecule has 0 aromatic heterocycles. The quantitative estimate of drug-likeness (QED) is 0.907. The minimum absolute atomic E-state index is 0.00507. The van der Waals surface area contributed by atoms with Crippen LogP contribution in [0.15, 0.2) is 30.3 Å². The fourth-order valence-corrected chi connectivity index (χ4v) is 2.87. The van der Waals surface area contributed by atoms with E-state index < -0.39 is 5.60 Å². The molecule has 5 heteroatoms. The van der Waals surface area contributed by atoms with Gasteiger partial charge in [0.25, 0.3) is 0 Å². The molecule has 0 aliphatic carbocycles. The lowest BCUT2D eigenvalue weighted by Gasteiger charge is -2.39. The second-order valence-corrected chi connectivity index (χ2v) is 6.12. The molecule has 1 aliphatic heterocycles. The molecule has 0 unspecified atom stereocenters. The van der Waals surface area contributed by atoms with Gasteiger partial charge in [0.2, 0.25) is 0 Å². The van der Waals surface area contributed by atoms with Crippen molar-refractivity contribution in [3.8, 4) is 0 Å². The number of nitrogens with zero attached hydrogens (tertiary/aromatic N) is 1. The molecule has 22 heavy (non-hydrogen) atoms. The van der Waals surface area contributed by atoms with Gasteiger partial charge in [0.15, 0.2) is 0 Å². The number of carbonyl (C=O) groups excluding carboxylic acids is 1. The summed E-state index contributed by atoms with van der Waals surface area (Å²) in [6.45, 7) is 3.48. The van der Waals surface area contributed by atoms with E-state index in [2.05, 4.69) is 0 Å². The number of likely N-dealkylation sites (tertiary alicyclic amines) is 1. The molecule has 1 saturated heterocycles. The molecule has 122 valence electrons. The Balaban J connectivity index is 1.87. The van der Waals surface area contributed by atoms with Gasteiger partial charge >= 0.3 is 6.09 Å². The molecule has 0 saturated carbocycles. The van der Waals surface area contributed by atoms with Crippen molar-refractivity contribution < 1.29 is 19.4 Å². The molecule has 1 aromatic carbocycles. The van der Waals surface area contributed by atoms with Gasteiger partial charge in [-0.1, -0.05) is 30.3 Å². The number of ether oxygens (including phenoxy) is 2. The normalized spacial score (nSPS) is 21.2. The van der Waals surface area contributed by atoms with E-state index in [0.717, 1.165) is 18.4 Å². The SMILES string of the molecule is COC[C@](C)(O)[C@H]1CCCN(C(=O)OCc2ccccc2)C1. The van der Waals surface area contributed by atoms with E-state index in [1.807, 2.05) is 30.3 Å². The number of hydrogen-bond donors (Lipinski definition) is 1. The summed E-state index contributed by atoms with van der Waals surface area (Å²) in [6, 6.07) is 9.62. The highest BCUT2D eigenvalue weighted by molar-refractivity contribution is 5.67. The van der Waals surface area contributed by atoms with Gasteiger partial charge < -0.3 is 19.5 Å². The summed E-state index contributed by atoms with van der Waals surface area (Å²) in [4.78, 5) is 13.9. The van der Waals surface area contributed by atoms with Crippen LogP contribution in [0.25, 0.3) is 0 Å². The zero-order chi connectivity index (χ0) is 16.0. The minimum atomic E-state index is -0.923. The molecule has 2 atom stereocenters. The van der Waals surface area contributed by atoms with E-state index in [1.165, 1.54) is 0 Å². The third kappa shape index (κ3) is 4.45. The van der Waals surface area contributed by atoms with Gasteiger partial charge in [-0.25, -0.2) is 4.79 Å². The minimum Gasteiger partial charge on any atom is -0.445 e. The molecule has 1 aromatic rings. The molecule has 1 aliphatic rings. The van der Waals surface area contributed by atoms with Gasteiger partial charge in [-0.3, -0.25) is 0 Å². The van der Waals surface area contributed by atoms with Crippen LogP contribution in [-0.2, 0) is 16.1 Å². The highest BCUT2D eigenvalue weighted by Crippen LogP contribution is 2.28. The molecule has 1 heterocycles. The largest absolute Gasteiger partial charge is 0.445 e. The summed E-state index contributed by atoms with van der Waals surface area (Å²) in [5, 5.41) is 10.4. The lowest BCUT2D eigenvalue weighted by molar-refractivity contribution is -0.0776. The van der Waals surface area contributed by atoms with E-state index in [-0.39, 0.29) is 25.2 Å². The Morgan fingerprint density at radius 1 is 1.41 bits per heavy atom. The zero-order valence-corrected chi connectivity index (χ0v) is 13.3. The highest BCUT2D eigenvalue weighted by atomic mass is 16.6. The Morgan fingerprint density at radius 2 is 2.14 bits per heavy atom. The van der Waals surface area contributed by atoms with Crippen LogP contribution < -0.4 is 0 Å². The number of rotatable bonds is 5. The number of piperidine rings is 1. The number of amides is 1. The smallest absolute Gasteiger partial charge is 0.410 e. The first-order chi connectivity index (χ1) is 10.5. The fourth-order valence-electron chi connectivity index (χ4n) is 2.87. The monoisotopic (exact) mass is 307 g/mol. The van der Waals surface area contributed by atoms with Crippen LogP contribution in [0.4, 0.5) is 4.79 Å². The van der Waals surface area contributed by atoms with Gasteiger partial charge in [0.05, 0.1) is 12.2 Å². The summed E-state index contributed by atoms with van der Waals surface area (Å²) >= 11 is 0. The highest BCUT2D eigenvalue weighted by Gasteiger charge is 2.36. The molecule has 1 amide bonds. The number of hydrogen-bond acceptors (Lipinski definition) is 4. The number of carbonyl (C=O) groups is 1. The van der Waals surface area contributed by atoms with Crippen molar-refractivity contribution in [3.63, 3.8) is 0 Å². The van der Waals surface area contributed by atoms with Gasteiger partial charge in [-0.2, -0.15) is 0 Å². The topological polar surface area (TPSA) is 59.0 Å². The van der Waals surface area contributed by atoms with Crippen molar-refractivity contribution >= 4 is 6.09 Å². The molecule has 5 nitrogen and oxygen atoms in total. The maximum atomic E-state index is 12.2. The zero-order valence-electron chi connectivity index (χ0n) is 13.3. The predicted octanol–water partition coefficient (Wildman–Crippen LogP) is 2.43. The van der Waals surface area contributed by atoms with Crippen LogP contribution in [0.1, 0.15) is 25.3 Å². The lowest BCUT2D eigenvalue weighted by Crippen LogP contribution is -2.50. The van der Waals surface area contributed by atoms with E-state index in [1.54, 1.807) is 18.9 Å². The fraction of sp³-hybridized carbons (Fsp3) is 0.588. The Bertz CT molecular complexity index is 475. The van der Waals surface area contributed by atoms with Crippen LogP contribution in [0.2, 0.25) is 0 Å². The summed E-state index contributed by atoms with van der Waals surface area (Å²) in [5.41, 5.74) is 0.0448.